The van der Waals surface area contributed by atoms with Crippen LogP contribution in [0.1, 0.15) is 52.0 Å². The molecule has 3 nitrogen and oxygen atoms in total. The van der Waals surface area contributed by atoms with Gasteiger partial charge in [-0.1, -0.05) is 26.3 Å². The summed E-state index contributed by atoms with van der Waals surface area (Å²) in [5.41, 5.74) is 0.867. The van der Waals surface area contributed by atoms with Gasteiger partial charge in [-0.05, 0) is 61.6 Å². The van der Waals surface area contributed by atoms with Crippen LogP contribution in [0.4, 0.5) is 0 Å². The van der Waals surface area contributed by atoms with Crippen LogP contribution in [0.5, 0.6) is 11.5 Å². The fourth-order valence-electron chi connectivity index (χ4n) is 4.14. The Morgan fingerprint density at radius 3 is 2.36 bits per heavy atom. The largest absolute Gasteiger partial charge is 0.493 e. The lowest BCUT2D eigenvalue weighted by Gasteiger charge is -2.48. The molecule has 1 aliphatic rings. The summed E-state index contributed by atoms with van der Waals surface area (Å²) in [7, 11) is 3.32. The first-order valence-corrected chi connectivity index (χ1v) is 8.23. The quantitative estimate of drug-likeness (QED) is 0.885. The monoisotopic (exact) mass is 306 g/mol. The molecule has 124 valence electrons. The van der Waals surface area contributed by atoms with Crippen LogP contribution in [-0.4, -0.2) is 24.9 Å². The zero-order valence-electron chi connectivity index (χ0n) is 14.6. The minimum atomic E-state index is -0.557. The molecule has 0 heterocycles. The summed E-state index contributed by atoms with van der Waals surface area (Å²) < 4.78 is 10.7. The van der Waals surface area contributed by atoms with E-state index in [-0.39, 0.29) is 5.41 Å². The Bertz CT molecular complexity index is 489. The van der Waals surface area contributed by atoms with Crippen molar-refractivity contribution < 1.29 is 14.6 Å². The number of benzene rings is 1. The van der Waals surface area contributed by atoms with E-state index in [1.165, 1.54) is 12.0 Å². The van der Waals surface area contributed by atoms with E-state index in [1.807, 2.05) is 19.1 Å². The molecule has 0 saturated heterocycles. The van der Waals surface area contributed by atoms with Gasteiger partial charge in [0.2, 0.25) is 0 Å². The number of methoxy groups -OCH3 is 2. The van der Waals surface area contributed by atoms with E-state index in [0.717, 1.165) is 37.2 Å². The number of aryl methyl sites for hydroxylation is 1. The maximum Gasteiger partial charge on any atom is 0.160 e. The summed E-state index contributed by atoms with van der Waals surface area (Å²) in [6.07, 6.45) is 5.17. The van der Waals surface area contributed by atoms with Crippen LogP contribution in [0.3, 0.4) is 0 Å². The third kappa shape index (κ3) is 3.57. The number of hydrogen-bond acceptors (Lipinski definition) is 3. The molecule has 2 rings (SSSR count). The molecule has 1 aliphatic carbocycles. The Morgan fingerprint density at radius 2 is 1.77 bits per heavy atom. The molecule has 0 spiro atoms. The number of aliphatic hydroxyl groups is 1. The minimum Gasteiger partial charge on any atom is -0.493 e. The molecule has 3 heteroatoms. The average molecular weight is 306 g/mol. The topological polar surface area (TPSA) is 38.7 Å². The van der Waals surface area contributed by atoms with Crippen LogP contribution < -0.4 is 9.47 Å². The molecule has 22 heavy (non-hydrogen) atoms. The molecule has 1 fully saturated rings. The van der Waals surface area contributed by atoms with Crippen LogP contribution in [0.15, 0.2) is 18.2 Å². The van der Waals surface area contributed by atoms with E-state index in [1.54, 1.807) is 14.2 Å². The standard InChI is InChI=1S/C19H30O3/c1-18(2)11-6-12-19(3,20)17(18)10-8-14-7-9-15(21-4)16(13-14)22-5/h7,9,13,17,20H,6,8,10-12H2,1-5H3. The van der Waals surface area contributed by atoms with Crippen molar-refractivity contribution in [3.63, 3.8) is 0 Å². The fourth-order valence-corrected chi connectivity index (χ4v) is 4.14. The lowest BCUT2D eigenvalue weighted by atomic mass is 9.60. The molecular weight excluding hydrogens is 276 g/mol. The van der Waals surface area contributed by atoms with Crippen LogP contribution >= 0.6 is 0 Å². The summed E-state index contributed by atoms with van der Waals surface area (Å²) >= 11 is 0. The van der Waals surface area contributed by atoms with Gasteiger partial charge < -0.3 is 14.6 Å². The lowest BCUT2D eigenvalue weighted by molar-refractivity contribution is -0.0918. The minimum absolute atomic E-state index is 0.193. The Morgan fingerprint density at radius 1 is 1.09 bits per heavy atom. The van der Waals surface area contributed by atoms with Gasteiger partial charge >= 0.3 is 0 Å². The summed E-state index contributed by atoms with van der Waals surface area (Å²) in [6, 6.07) is 6.09. The first kappa shape index (κ1) is 17.1. The van der Waals surface area contributed by atoms with Crippen molar-refractivity contribution in [1.82, 2.24) is 0 Å². The molecule has 0 amide bonds. The van der Waals surface area contributed by atoms with Crippen molar-refractivity contribution in [2.24, 2.45) is 11.3 Å². The van der Waals surface area contributed by atoms with E-state index in [4.69, 9.17) is 9.47 Å². The molecule has 0 bridgehead atoms. The van der Waals surface area contributed by atoms with E-state index in [9.17, 15) is 5.11 Å². The van der Waals surface area contributed by atoms with Gasteiger partial charge in [0.1, 0.15) is 0 Å². The highest BCUT2D eigenvalue weighted by molar-refractivity contribution is 5.42. The molecular formula is C19H30O3. The maximum atomic E-state index is 10.8. The Kier molecular flexibility index (Phi) is 5.06. The van der Waals surface area contributed by atoms with E-state index in [0.29, 0.717) is 5.92 Å². The van der Waals surface area contributed by atoms with Gasteiger partial charge in [-0.25, -0.2) is 0 Å². The number of hydrogen-bond donors (Lipinski definition) is 1. The second-order valence-electron chi connectivity index (χ2n) is 7.48. The smallest absolute Gasteiger partial charge is 0.160 e. The van der Waals surface area contributed by atoms with Crippen molar-refractivity contribution in [2.75, 3.05) is 14.2 Å². The first-order chi connectivity index (χ1) is 10.3. The molecule has 0 aromatic heterocycles. The lowest BCUT2D eigenvalue weighted by Crippen LogP contribution is -2.47. The molecule has 0 aliphatic heterocycles. The highest BCUT2D eigenvalue weighted by Gasteiger charge is 2.44. The fraction of sp³-hybridized carbons (Fsp3) is 0.684. The van der Waals surface area contributed by atoms with Gasteiger partial charge in [0.25, 0.3) is 0 Å². The van der Waals surface area contributed by atoms with Crippen LogP contribution in [0, 0.1) is 11.3 Å². The highest BCUT2D eigenvalue weighted by Crippen LogP contribution is 2.48. The average Bonchev–Trinajstić information content (AvgIpc) is 2.45. The number of rotatable bonds is 5. The predicted molar refractivity (Wildman–Crippen MR) is 89.6 cm³/mol. The van der Waals surface area contributed by atoms with Crippen LogP contribution in [0.2, 0.25) is 0 Å². The Hall–Kier alpha value is -1.22. The van der Waals surface area contributed by atoms with Crippen molar-refractivity contribution in [3.05, 3.63) is 23.8 Å². The molecule has 2 unspecified atom stereocenters. The van der Waals surface area contributed by atoms with Gasteiger partial charge in [-0.15, -0.1) is 0 Å². The van der Waals surface area contributed by atoms with Crippen molar-refractivity contribution >= 4 is 0 Å². The normalized spacial score (nSPS) is 27.5. The molecule has 0 radical (unpaired) electrons. The maximum absolute atomic E-state index is 10.8. The summed E-state index contributed by atoms with van der Waals surface area (Å²) in [5, 5.41) is 10.8. The van der Waals surface area contributed by atoms with Crippen LogP contribution in [-0.2, 0) is 6.42 Å². The van der Waals surface area contributed by atoms with Gasteiger partial charge in [0.15, 0.2) is 11.5 Å². The Balaban J connectivity index is 2.11. The zero-order chi connectivity index (χ0) is 16.4. The second-order valence-corrected chi connectivity index (χ2v) is 7.48. The molecule has 1 saturated carbocycles. The van der Waals surface area contributed by atoms with Gasteiger partial charge in [-0.3, -0.25) is 0 Å². The summed E-state index contributed by atoms with van der Waals surface area (Å²) in [5.74, 6) is 1.85. The predicted octanol–water partition coefficient (Wildman–Crippen LogP) is 4.21. The van der Waals surface area contributed by atoms with Crippen molar-refractivity contribution in [3.8, 4) is 11.5 Å². The van der Waals surface area contributed by atoms with E-state index < -0.39 is 5.60 Å². The van der Waals surface area contributed by atoms with Crippen molar-refractivity contribution in [2.45, 2.75) is 58.5 Å². The summed E-state index contributed by atoms with van der Waals surface area (Å²) in [4.78, 5) is 0. The molecule has 2 atom stereocenters. The van der Waals surface area contributed by atoms with Gasteiger partial charge in [0, 0.05) is 0 Å². The highest BCUT2D eigenvalue weighted by atomic mass is 16.5. The number of ether oxygens (including phenoxy) is 2. The summed E-state index contributed by atoms with van der Waals surface area (Å²) in [6.45, 7) is 6.59. The SMILES string of the molecule is COc1ccc(CCC2C(C)(C)CCCC2(C)O)cc1OC. The van der Waals surface area contributed by atoms with Crippen molar-refractivity contribution in [1.29, 1.82) is 0 Å². The second kappa shape index (κ2) is 6.49. The molecule has 1 aromatic carbocycles. The van der Waals surface area contributed by atoms with Gasteiger partial charge in [0.05, 0.1) is 19.8 Å². The van der Waals surface area contributed by atoms with Crippen LogP contribution in [0.25, 0.3) is 0 Å². The first-order valence-electron chi connectivity index (χ1n) is 8.23. The molecule has 1 N–H and O–H groups in total. The Labute approximate surface area is 134 Å². The third-order valence-electron chi connectivity index (χ3n) is 5.37. The third-order valence-corrected chi connectivity index (χ3v) is 5.37. The van der Waals surface area contributed by atoms with E-state index in [2.05, 4.69) is 19.9 Å². The molecule has 1 aromatic rings. The zero-order valence-corrected chi connectivity index (χ0v) is 14.6. The van der Waals surface area contributed by atoms with E-state index >= 15 is 0 Å². The van der Waals surface area contributed by atoms with Gasteiger partial charge in [-0.2, -0.15) is 0 Å².